The molecule has 0 radical (unpaired) electrons. The summed E-state index contributed by atoms with van der Waals surface area (Å²) in [6, 6.07) is 0. The first-order valence-electron chi connectivity index (χ1n) is 8.74. The van der Waals surface area contributed by atoms with Crippen molar-refractivity contribution in [1.29, 1.82) is 0 Å². The predicted molar refractivity (Wildman–Crippen MR) is 105 cm³/mol. The number of hydrogen-bond donors (Lipinski definition) is 1. The average Bonchev–Trinajstić information content (AvgIpc) is 2.57. The fourth-order valence-corrected chi connectivity index (χ4v) is 2.02. The van der Waals surface area contributed by atoms with Gasteiger partial charge in [0, 0.05) is 17.9 Å². The Hall–Kier alpha value is -2.23. The lowest BCUT2D eigenvalue weighted by Crippen LogP contribution is -2.39. The van der Waals surface area contributed by atoms with E-state index in [1.807, 2.05) is 65.8 Å². The van der Waals surface area contributed by atoms with Crippen molar-refractivity contribution in [3.63, 3.8) is 0 Å². The number of carbonyl (C=O) groups is 3. The van der Waals surface area contributed by atoms with Gasteiger partial charge in [0.25, 0.3) is 0 Å². The number of allylic oxidation sites excluding steroid dienone is 7. The summed E-state index contributed by atoms with van der Waals surface area (Å²) in [5, 5.41) is 2.25. The van der Waals surface area contributed by atoms with E-state index in [9.17, 15) is 14.4 Å². The van der Waals surface area contributed by atoms with Gasteiger partial charge >= 0.3 is 0 Å². The van der Waals surface area contributed by atoms with Gasteiger partial charge < -0.3 is 0 Å². The molecule has 0 saturated carbocycles. The number of Topliss-reactive ketones (excluding diaryl/α,β-unsaturated/α-hetero) is 1. The van der Waals surface area contributed by atoms with E-state index in [0.29, 0.717) is 12.8 Å². The molecule has 2 amide bonds. The van der Waals surface area contributed by atoms with Crippen molar-refractivity contribution in [3.05, 3.63) is 47.6 Å². The van der Waals surface area contributed by atoms with Crippen molar-refractivity contribution >= 4 is 17.6 Å². The van der Waals surface area contributed by atoms with Crippen molar-refractivity contribution in [2.24, 2.45) is 5.92 Å². The minimum Gasteiger partial charge on any atom is -0.296 e. The second kappa shape index (κ2) is 14.1. The highest BCUT2D eigenvalue weighted by atomic mass is 16.2. The topological polar surface area (TPSA) is 63.2 Å². The molecular weight excluding hydrogens is 314 g/mol. The monoisotopic (exact) mass is 347 g/mol. The lowest BCUT2D eigenvalue weighted by Gasteiger charge is -2.15. The number of nitrogens with one attached hydrogen (secondary N) is 1. The second-order valence-corrected chi connectivity index (χ2v) is 5.50. The Morgan fingerprint density at radius 2 is 1.72 bits per heavy atom. The molecule has 0 bridgehead atoms. The Balaban J connectivity index is 0. The van der Waals surface area contributed by atoms with Gasteiger partial charge in [-0.15, -0.1) is 0 Å². The van der Waals surface area contributed by atoms with Gasteiger partial charge in [-0.2, -0.15) is 0 Å². The zero-order valence-corrected chi connectivity index (χ0v) is 16.7. The summed E-state index contributed by atoms with van der Waals surface area (Å²) < 4.78 is 0. The minimum absolute atomic E-state index is 0.0164. The molecule has 4 nitrogen and oxygen atoms in total. The van der Waals surface area contributed by atoms with E-state index in [-0.39, 0.29) is 23.5 Å². The Kier molecular flexibility index (Phi) is 14.2. The summed E-state index contributed by atoms with van der Waals surface area (Å²) >= 11 is 0. The van der Waals surface area contributed by atoms with E-state index in [1.54, 1.807) is 6.92 Å². The van der Waals surface area contributed by atoms with Crippen LogP contribution in [0.2, 0.25) is 0 Å². The molecule has 0 spiro atoms. The zero-order valence-electron chi connectivity index (χ0n) is 16.7. The van der Waals surface area contributed by atoms with Crippen LogP contribution in [0.3, 0.4) is 0 Å². The van der Waals surface area contributed by atoms with Crippen LogP contribution in [0, 0.1) is 5.92 Å². The Bertz CT molecular complexity index is 566. The number of hydrogen-bond acceptors (Lipinski definition) is 3. The highest BCUT2D eigenvalue weighted by molar-refractivity contribution is 5.99. The first-order valence-corrected chi connectivity index (χ1v) is 8.74. The highest BCUT2D eigenvalue weighted by Crippen LogP contribution is 2.18. The molecular formula is C21H33NO3. The SMILES string of the molecule is C=C(C)C(=C/C)/C(=C\C=C/C)C(C)=O.CC.CC1CCC(=O)NC1=O. The van der Waals surface area contributed by atoms with Gasteiger partial charge in [-0.25, -0.2) is 0 Å². The normalized spacial score (nSPS) is 17.8. The first-order chi connectivity index (χ1) is 11.7. The third-order valence-corrected chi connectivity index (χ3v) is 3.39. The molecule has 0 aromatic rings. The molecule has 1 aliphatic rings. The molecule has 1 heterocycles. The summed E-state index contributed by atoms with van der Waals surface area (Å²) in [4.78, 5) is 32.5. The molecule has 1 atom stereocenters. The maximum atomic E-state index is 11.4. The number of piperidine rings is 1. The van der Waals surface area contributed by atoms with Crippen LogP contribution in [-0.4, -0.2) is 17.6 Å². The quantitative estimate of drug-likeness (QED) is 0.456. The molecule has 1 saturated heterocycles. The van der Waals surface area contributed by atoms with Gasteiger partial charge in [-0.3, -0.25) is 19.7 Å². The van der Waals surface area contributed by atoms with E-state index < -0.39 is 0 Å². The molecule has 4 heteroatoms. The van der Waals surface area contributed by atoms with Crippen LogP contribution in [0.25, 0.3) is 0 Å². The number of ketones is 1. The average molecular weight is 347 g/mol. The molecule has 25 heavy (non-hydrogen) atoms. The van der Waals surface area contributed by atoms with Crippen LogP contribution in [0.1, 0.15) is 61.3 Å². The predicted octanol–water partition coefficient (Wildman–Crippen LogP) is 4.69. The maximum absolute atomic E-state index is 11.4. The van der Waals surface area contributed by atoms with Crippen LogP contribution in [0.5, 0.6) is 0 Å². The third-order valence-electron chi connectivity index (χ3n) is 3.39. The van der Waals surface area contributed by atoms with Gasteiger partial charge in [-0.05, 0) is 39.7 Å². The molecule has 1 aliphatic heterocycles. The van der Waals surface area contributed by atoms with Gasteiger partial charge in [0.1, 0.15) is 0 Å². The Labute approximate surface area is 152 Å². The lowest BCUT2D eigenvalue weighted by molar-refractivity contribution is -0.135. The van der Waals surface area contributed by atoms with Crippen molar-refractivity contribution in [2.75, 3.05) is 0 Å². The zero-order chi connectivity index (χ0) is 20.0. The van der Waals surface area contributed by atoms with E-state index in [0.717, 1.165) is 16.7 Å². The number of rotatable bonds is 4. The third kappa shape index (κ3) is 10.3. The fourth-order valence-electron chi connectivity index (χ4n) is 2.02. The molecule has 0 aromatic carbocycles. The fraction of sp³-hybridized carbons (Fsp3) is 0.476. The molecule has 1 fully saturated rings. The molecule has 1 unspecified atom stereocenters. The molecule has 1 rings (SSSR count). The molecule has 0 aliphatic carbocycles. The van der Waals surface area contributed by atoms with Crippen LogP contribution in [0.4, 0.5) is 0 Å². The van der Waals surface area contributed by atoms with Crippen molar-refractivity contribution in [3.8, 4) is 0 Å². The lowest BCUT2D eigenvalue weighted by atomic mass is 9.96. The van der Waals surface area contributed by atoms with E-state index >= 15 is 0 Å². The van der Waals surface area contributed by atoms with Crippen LogP contribution >= 0.6 is 0 Å². The Morgan fingerprint density at radius 1 is 1.16 bits per heavy atom. The second-order valence-electron chi connectivity index (χ2n) is 5.50. The van der Waals surface area contributed by atoms with Crippen LogP contribution in [-0.2, 0) is 14.4 Å². The van der Waals surface area contributed by atoms with Gasteiger partial charge in [0.15, 0.2) is 5.78 Å². The van der Waals surface area contributed by atoms with Gasteiger partial charge in [-0.1, -0.05) is 57.2 Å². The summed E-state index contributed by atoms with van der Waals surface area (Å²) in [6.45, 7) is 17.0. The van der Waals surface area contributed by atoms with Crippen LogP contribution in [0.15, 0.2) is 47.6 Å². The summed E-state index contributed by atoms with van der Waals surface area (Å²) in [6.07, 6.45) is 8.70. The first kappa shape index (κ1) is 25.0. The highest BCUT2D eigenvalue weighted by Gasteiger charge is 2.21. The van der Waals surface area contributed by atoms with Gasteiger partial charge in [0.05, 0.1) is 0 Å². The summed E-state index contributed by atoms with van der Waals surface area (Å²) in [5.74, 6) is -0.189. The minimum atomic E-state index is -0.141. The van der Waals surface area contributed by atoms with Crippen molar-refractivity contribution in [2.45, 2.75) is 61.3 Å². The molecule has 140 valence electrons. The van der Waals surface area contributed by atoms with E-state index in [1.165, 1.54) is 0 Å². The Morgan fingerprint density at radius 3 is 2.04 bits per heavy atom. The van der Waals surface area contributed by atoms with Crippen molar-refractivity contribution in [1.82, 2.24) is 5.32 Å². The smallest absolute Gasteiger partial charge is 0.229 e. The summed E-state index contributed by atoms with van der Waals surface area (Å²) in [5.41, 5.74) is 2.56. The largest absolute Gasteiger partial charge is 0.296 e. The van der Waals surface area contributed by atoms with E-state index in [4.69, 9.17) is 0 Å². The van der Waals surface area contributed by atoms with Crippen molar-refractivity contribution < 1.29 is 14.4 Å². The number of amides is 2. The molecule has 0 aromatic heterocycles. The van der Waals surface area contributed by atoms with E-state index in [2.05, 4.69) is 11.9 Å². The maximum Gasteiger partial charge on any atom is 0.229 e. The number of carbonyl (C=O) groups excluding carboxylic acids is 3. The van der Waals surface area contributed by atoms with Gasteiger partial charge in [0.2, 0.25) is 11.8 Å². The molecule has 1 N–H and O–H groups in total. The summed E-state index contributed by atoms with van der Waals surface area (Å²) in [7, 11) is 0. The van der Waals surface area contributed by atoms with Crippen LogP contribution < -0.4 is 5.32 Å². The number of imide groups is 1. The standard InChI is InChI=1S/C13H18O.C6H9NO2.C2H6/c1-6-8-9-13(11(5)14)12(7-2)10(3)4;1-4-2-3-5(8)7-6(4)9;1-2/h6-9H,3H2,1-2,4-5H3;4H,2-3H2,1H3,(H,7,8,9);1-2H3/b8-6-,12-7-,13-9-;;.